The second kappa shape index (κ2) is 16.4. The van der Waals surface area contributed by atoms with E-state index in [0.29, 0.717) is 13.0 Å². The Labute approximate surface area is 128 Å². The SMILES string of the molecule is O=C=NCCCCCCCCCCCCCCC(=O)Cl. The average Bonchev–Trinajstić information content (AvgIpc) is 2.43. The molecular formula is C16H28ClNO2. The van der Waals surface area contributed by atoms with Gasteiger partial charge in [0.2, 0.25) is 11.3 Å². The first kappa shape index (κ1) is 19.3. The van der Waals surface area contributed by atoms with Crippen molar-refractivity contribution in [3.8, 4) is 0 Å². The second-order valence-electron chi connectivity index (χ2n) is 5.32. The van der Waals surface area contributed by atoms with Gasteiger partial charge in [0.1, 0.15) is 0 Å². The van der Waals surface area contributed by atoms with Crippen LogP contribution in [0.15, 0.2) is 4.99 Å². The van der Waals surface area contributed by atoms with Crippen molar-refractivity contribution in [1.29, 1.82) is 0 Å². The van der Waals surface area contributed by atoms with Gasteiger partial charge in [0.15, 0.2) is 0 Å². The van der Waals surface area contributed by atoms with Crippen LogP contribution in [-0.4, -0.2) is 17.9 Å². The van der Waals surface area contributed by atoms with Gasteiger partial charge in [-0.2, -0.15) is 0 Å². The molecule has 0 aliphatic carbocycles. The number of hydrogen-bond donors (Lipinski definition) is 0. The summed E-state index contributed by atoms with van der Waals surface area (Å²) in [6, 6.07) is 0. The van der Waals surface area contributed by atoms with Gasteiger partial charge < -0.3 is 0 Å². The van der Waals surface area contributed by atoms with Crippen molar-refractivity contribution in [3.63, 3.8) is 0 Å². The van der Waals surface area contributed by atoms with Crippen LogP contribution in [0.3, 0.4) is 0 Å². The number of isocyanates is 1. The van der Waals surface area contributed by atoms with E-state index in [-0.39, 0.29) is 5.24 Å². The first-order chi connectivity index (χ1) is 9.77. The molecule has 0 radical (unpaired) electrons. The van der Waals surface area contributed by atoms with Crippen LogP contribution in [0.1, 0.15) is 83.5 Å². The third kappa shape index (κ3) is 17.3. The van der Waals surface area contributed by atoms with Crippen LogP contribution < -0.4 is 0 Å². The normalized spacial score (nSPS) is 10.2. The minimum atomic E-state index is -0.206. The molecule has 0 bridgehead atoms. The molecule has 0 heterocycles. The maximum Gasteiger partial charge on any atom is 0.234 e. The molecule has 0 aromatic rings. The Kier molecular flexibility index (Phi) is 15.9. The van der Waals surface area contributed by atoms with E-state index in [9.17, 15) is 9.59 Å². The van der Waals surface area contributed by atoms with Crippen molar-refractivity contribution in [2.75, 3.05) is 6.54 Å². The lowest BCUT2D eigenvalue weighted by Crippen LogP contribution is -1.87. The highest BCUT2D eigenvalue weighted by Gasteiger charge is 1.96. The molecule has 0 saturated heterocycles. The lowest BCUT2D eigenvalue weighted by atomic mass is 10.0. The largest absolute Gasteiger partial charge is 0.281 e. The average molecular weight is 302 g/mol. The number of halogens is 1. The van der Waals surface area contributed by atoms with E-state index in [1.54, 1.807) is 6.08 Å². The Balaban J connectivity index is 2.99. The van der Waals surface area contributed by atoms with Gasteiger partial charge in [-0.05, 0) is 24.4 Å². The molecule has 4 heteroatoms. The van der Waals surface area contributed by atoms with Crippen molar-refractivity contribution in [2.45, 2.75) is 83.5 Å². The smallest absolute Gasteiger partial charge is 0.234 e. The summed E-state index contributed by atoms with van der Waals surface area (Å²) in [7, 11) is 0. The standard InChI is InChI=1S/C16H28ClNO2/c17-16(20)13-11-9-7-5-3-1-2-4-6-8-10-12-14-18-15-19/h1-14H2. The fourth-order valence-electron chi connectivity index (χ4n) is 2.27. The molecule has 0 unspecified atom stereocenters. The van der Waals surface area contributed by atoms with Crippen molar-refractivity contribution in [2.24, 2.45) is 4.99 Å². The second-order valence-corrected chi connectivity index (χ2v) is 5.74. The van der Waals surface area contributed by atoms with E-state index < -0.39 is 0 Å². The molecule has 0 spiro atoms. The number of aliphatic imine (C=N–C) groups is 1. The van der Waals surface area contributed by atoms with Gasteiger partial charge in [0.05, 0.1) is 6.54 Å². The van der Waals surface area contributed by atoms with Crippen LogP contribution in [-0.2, 0) is 9.59 Å². The topological polar surface area (TPSA) is 46.5 Å². The zero-order chi connectivity index (χ0) is 14.9. The number of nitrogens with zero attached hydrogens (tertiary/aromatic N) is 1. The van der Waals surface area contributed by atoms with Crippen molar-refractivity contribution in [1.82, 2.24) is 0 Å². The summed E-state index contributed by atoms with van der Waals surface area (Å²) in [6.07, 6.45) is 16.7. The monoisotopic (exact) mass is 301 g/mol. The molecule has 116 valence electrons. The fraction of sp³-hybridized carbons (Fsp3) is 0.875. The van der Waals surface area contributed by atoms with E-state index in [1.807, 2.05) is 0 Å². The number of hydrogen-bond acceptors (Lipinski definition) is 3. The van der Waals surface area contributed by atoms with Crippen molar-refractivity contribution >= 4 is 22.9 Å². The predicted octanol–water partition coefficient (Wildman–Crippen LogP) is 5.16. The van der Waals surface area contributed by atoms with Gasteiger partial charge >= 0.3 is 0 Å². The zero-order valence-corrected chi connectivity index (χ0v) is 13.3. The molecule has 0 aliphatic rings. The number of carbonyl (C=O) groups excluding carboxylic acids is 2. The molecule has 0 N–H and O–H groups in total. The van der Waals surface area contributed by atoms with E-state index in [1.165, 1.54) is 57.8 Å². The molecule has 0 fully saturated rings. The summed E-state index contributed by atoms with van der Waals surface area (Å²) >= 11 is 5.28. The molecule has 20 heavy (non-hydrogen) atoms. The third-order valence-electron chi connectivity index (χ3n) is 3.46. The lowest BCUT2D eigenvalue weighted by Gasteiger charge is -2.02. The maximum absolute atomic E-state index is 10.5. The summed E-state index contributed by atoms with van der Waals surface area (Å²) in [5.41, 5.74) is 0. The van der Waals surface area contributed by atoms with Gasteiger partial charge in [0, 0.05) is 6.42 Å². The Morgan fingerprint density at radius 3 is 1.55 bits per heavy atom. The minimum Gasteiger partial charge on any atom is -0.281 e. The zero-order valence-electron chi connectivity index (χ0n) is 12.5. The Hall–Kier alpha value is -0.660. The number of carbonyl (C=O) groups is 1. The van der Waals surface area contributed by atoms with Gasteiger partial charge in [0.25, 0.3) is 0 Å². The summed E-state index contributed by atoms with van der Waals surface area (Å²) in [5, 5.41) is -0.206. The van der Waals surface area contributed by atoms with Crippen LogP contribution in [0, 0.1) is 0 Å². The summed E-state index contributed by atoms with van der Waals surface area (Å²) in [5.74, 6) is 0. The van der Waals surface area contributed by atoms with Gasteiger partial charge in [-0.3, -0.25) is 4.79 Å². The lowest BCUT2D eigenvalue weighted by molar-refractivity contribution is -0.111. The molecule has 0 saturated carbocycles. The highest BCUT2D eigenvalue weighted by atomic mass is 35.5. The van der Waals surface area contributed by atoms with E-state index in [0.717, 1.165) is 19.3 Å². The third-order valence-corrected chi connectivity index (χ3v) is 3.65. The van der Waals surface area contributed by atoms with Crippen LogP contribution in [0.4, 0.5) is 0 Å². The van der Waals surface area contributed by atoms with Crippen molar-refractivity contribution < 1.29 is 9.59 Å². The molecule has 0 rings (SSSR count). The Morgan fingerprint density at radius 1 is 0.750 bits per heavy atom. The van der Waals surface area contributed by atoms with E-state index >= 15 is 0 Å². The molecule has 3 nitrogen and oxygen atoms in total. The van der Waals surface area contributed by atoms with Gasteiger partial charge in [-0.15, -0.1) is 0 Å². The molecular weight excluding hydrogens is 274 g/mol. The minimum absolute atomic E-state index is 0.206. The summed E-state index contributed by atoms with van der Waals surface area (Å²) < 4.78 is 0. The van der Waals surface area contributed by atoms with Crippen LogP contribution >= 0.6 is 11.6 Å². The van der Waals surface area contributed by atoms with Crippen LogP contribution in [0.25, 0.3) is 0 Å². The maximum atomic E-state index is 10.5. The Morgan fingerprint density at radius 2 is 1.15 bits per heavy atom. The quantitative estimate of drug-likeness (QED) is 0.181. The summed E-state index contributed by atoms with van der Waals surface area (Å²) in [6.45, 7) is 0.638. The molecule has 0 aliphatic heterocycles. The van der Waals surface area contributed by atoms with Crippen LogP contribution in [0.2, 0.25) is 0 Å². The number of rotatable bonds is 15. The van der Waals surface area contributed by atoms with E-state index in [4.69, 9.17) is 11.6 Å². The predicted molar refractivity (Wildman–Crippen MR) is 83.9 cm³/mol. The molecule has 0 atom stereocenters. The van der Waals surface area contributed by atoms with Gasteiger partial charge in [-0.25, -0.2) is 9.79 Å². The summed E-state index contributed by atoms with van der Waals surface area (Å²) in [4.78, 5) is 23.9. The molecule has 0 amide bonds. The number of unbranched alkanes of at least 4 members (excludes halogenated alkanes) is 11. The van der Waals surface area contributed by atoms with Crippen molar-refractivity contribution in [3.05, 3.63) is 0 Å². The van der Waals surface area contributed by atoms with Crippen LogP contribution in [0.5, 0.6) is 0 Å². The molecule has 0 aromatic carbocycles. The Bertz CT molecular complexity index is 262. The first-order valence-electron chi connectivity index (χ1n) is 7.99. The van der Waals surface area contributed by atoms with Gasteiger partial charge in [-0.1, -0.05) is 64.2 Å². The molecule has 0 aromatic heterocycles. The first-order valence-corrected chi connectivity index (χ1v) is 8.37. The highest BCUT2D eigenvalue weighted by Crippen LogP contribution is 2.12. The highest BCUT2D eigenvalue weighted by molar-refractivity contribution is 6.63. The van der Waals surface area contributed by atoms with E-state index in [2.05, 4.69) is 4.99 Å². The fourth-order valence-corrected chi connectivity index (χ4v) is 2.40.